The minimum Gasteiger partial charge on any atom is -0.493 e. The number of para-hydroxylation sites is 2. The van der Waals surface area contributed by atoms with Gasteiger partial charge < -0.3 is 24.8 Å². The SMILES string of the molecule is COc1ccccc1OC[C@H](C)NC(=S)Nc1ccc(OC2CCCC2)cc1. The smallest absolute Gasteiger partial charge is 0.171 e. The highest BCUT2D eigenvalue weighted by Gasteiger charge is 2.16. The maximum Gasteiger partial charge on any atom is 0.171 e. The molecule has 2 aromatic rings. The highest BCUT2D eigenvalue weighted by Crippen LogP contribution is 2.26. The first-order valence-electron chi connectivity index (χ1n) is 9.74. The van der Waals surface area contributed by atoms with Gasteiger partial charge in [-0.1, -0.05) is 12.1 Å². The van der Waals surface area contributed by atoms with E-state index < -0.39 is 0 Å². The first kappa shape index (κ1) is 20.3. The number of ether oxygens (including phenoxy) is 3. The molecule has 0 unspecified atom stereocenters. The van der Waals surface area contributed by atoms with Crippen LogP contribution in [0.1, 0.15) is 32.6 Å². The number of thiocarbonyl (C=S) groups is 1. The van der Waals surface area contributed by atoms with Crippen LogP contribution in [0.25, 0.3) is 0 Å². The van der Waals surface area contributed by atoms with E-state index in [9.17, 15) is 0 Å². The molecule has 5 nitrogen and oxygen atoms in total. The van der Waals surface area contributed by atoms with Crippen molar-refractivity contribution in [2.75, 3.05) is 19.0 Å². The number of anilines is 1. The fraction of sp³-hybridized carbons (Fsp3) is 0.409. The number of hydrogen-bond donors (Lipinski definition) is 2. The van der Waals surface area contributed by atoms with Gasteiger partial charge in [0.25, 0.3) is 0 Å². The van der Waals surface area contributed by atoms with Crippen LogP contribution in [-0.2, 0) is 0 Å². The monoisotopic (exact) mass is 400 g/mol. The summed E-state index contributed by atoms with van der Waals surface area (Å²) in [7, 11) is 1.63. The summed E-state index contributed by atoms with van der Waals surface area (Å²) in [5, 5.41) is 6.99. The molecule has 0 spiro atoms. The van der Waals surface area contributed by atoms with Gasteiger partial charge >= 0.3 is 0 Å². The van der Waals surface area contributed by atoms with Crippen LogP contribution in [0, 0.1) is 0 Å². The van der Waals surface area contributed by atoms with Crippen molar-refractivity contribution < 1.29 is 14.2 Å². The number of rotatable bonds is 8. The van der Waals surface area contributed by atoms with E-state index in [0.717, 1.165) is 35.8 Å². The van der Waals surface area contributed by atoms with E-state index in [0.29, 0.717) is 17.8 Å². The number of benzene rings is 2. The largest absolute Gasteiger partial charge is 0.493 e. The van der Waals surface area contributed by atoms with Gasteiger partial charge in [0.15, 0.2) is 16.6 Å². The Balaban J connectivity index is 1.42. The summed E-state index contributed by atoms with van der Waals surface area (Å²) in [4.78, 5) is 0. The van der Waals surface area contributed by atoms with E-state index in [2.05, 4.69) is 10.6 Å². The van der Waals surface area contributed by atoms with Crippen molar-refractivity contribution in [1.29, 1.82) is 0 Å². The van der Waals surface area contributed by atoms with Crippen molar-refractivity contribution in [2.24, 2.45) is 0 Å². The maximum absolute atomic E-state index is 5.99. The molecule has 1 aliphatic rings. The molecule has 3 rings (SSSR count). The van der Waals surface area contributed by atoms with Gasteiger partial charge in [0.05, 0.1) is 19.3 Å². The molecular formula is C22H28N2O3S. The van der Waals surface area contributed by atoms with Gasteiger partial charge in [-0.3, -0.25) is 0 Å². The molecule has 2 N–H and O–H groups in total. The van der Waals surface area contributed by atoms with E-state index in [1.54, 1.807) is 7.11 Å². The molecule has 0 heterocycles. The van der Waals surface area contributed by atoms with E-state index >= 15 is 0 Å². The third-order valence-corrected chi connectivity index (χ3v) is 4.87. The van der Waals surface area contributed by atoms with Gasteiger partial charge in [0, 0.05) is 5.69 Å². The summed E-state index contributed by atoms with van der Waals surface area (Å²) in [6, 6.07) is 15.6. The van der Waals surface area contributed by atoms with Gasteiger partial charge in [-0.05, 0) is 81.2 Å². The molecule has 1 saturated carbocycles. The molecular weight excluding hydrogens is 372 g/mol. The summed E-state index contributed by atoms with van der Waals surface area (Å²) < 4.78 is 17.1. The number of nitrogens with one attached hydrogen (secondary N) is 2. The topological polar surface area (TPSA) is 51.8 Å². The van der Waals surface area contributed by atoms with Crippen molar-refractivity contribution in [3.05, 3.63) is 48.5 Å². The van der Waals surface area contributed by atoms with Gasteiger partial charge in [-0.2, -0.15) is 0 Å². The zero-order valence-corrected chi connectivity index (χ0v) is 17.3. The van der Waals surface area contributed by atoms with Crippen LogP contribution >= 0.6 is 12.2 Å². The van der Waals surface area contributed by atoms with Crippen LogP contribution < -0.4 is 24.8 Å². The van der Waals surface area contributed by atoms with Gasteiger partial charge in [0.1, 0.15) is 12.4 Å². The highest BCUT2D eigenvalue weighted by molar-refractivity contribution is 7.80. The van der Waals surface area contributed by atoms with Gasteiger partial charge in [-0.15, -0.1) is 0 Å². The molecule has 1 fully saturated rings. The third kappa shape index (κ3) is 6.02. The molecule has 0 saturated heterocycles. The van der Waals surface area contributed by atoms with Crippen LogP contribution in [-0.4, -0.2) is 31.0 Å². The number of hydrogen-bond acceptors (Lipinski definition) is 4. The Morgan fingerprint density at radius 2 is 1.75 bits per heavy atom. The average Bonchev–Trinajstić information content (AvgIpc) is 3.21. The zero-order chi connectivity index (χ0) is 19.8. The molecule has 0 amide bonds. The highest BCUT2D eigenvalue weighted by atomic mass is 32.1. The van der Waals surface area contributed by atoms with Crippen molar-refractivity contribution >= 4 is 23.0 Å². The minimum atomic E-state index is 0.0369. The summed E-state index contributed by atoms with van der Waals surface area (Å²) in [5.74, 6) is 2.35. The van der Waals surface area contributed by atoms with Crippen molar-refractivity contribution in [2.45, 2.75) is 44.8 Å². The molecule has 0 radical (unpaired) electrons. The van der Waals surface area contributed by atoms with E-state index in [1.165, 1.54) is 12.8 Å². The Kier molecular flexibility index (Phi) is 7.37. The summed E-state index contributed by atoms with van der Waals surface area (Å²) in [5.41, 5.74) is 0.925. The molecule has 28 heavy (non-hydrogen) atoms. The lowest BCUT2D eigenvalue weighted by Gasteiger charge is -2.19. The average molecular weight is 401 g/mol. The van der Waals surface area contributed by atoms with Crippen molar-refractivity contribution in [1.82, 2.24) is 5.32 Å². The lowest BCUT2D eigenvalue weighted by Crippen LogP contribution is -2.39. The van der Waals surface area contributed by atoms with Crippen LogP contribution in [0.3, 0.4) is 0 Å². The van der Waals surface area contributed by atoms with E-state index in [-0.39, 0.29) is 6.04 Å². The normalized spacial score (nSPS) is 14.9. The second-order valence-electron chi connectivity index (χ2n) is 7.01. The van der Waals surface area contributed by atoms with Gasteiger partial charge in [0.2, 0.25) is 0 Å². The Morgan fingerprint density at radius 3 is 2.43 bits per heavy atom. The first-order valence-corrected chi connectivity index (χ1v) is 10.1. The van der Waals surface area contributed by atoms with Crippen LogP contribution in [0.4, 0.5) is 5.69 Å². The lowest BCUT2D eigenvalue weighted by atomic mass is 10.2. The summed E-state index contributed by atoms with van der Waals surface area (Å²) in [6.07, 6.45) is 5.21. The lowest BCUT2D eigenvalue weighted by molar-refractivity contribution is 0.210. The molecule has 6 heteroatoms. The second kappa shape index (κ2) is 10.2. The zero-order valence-electron chi connectivity index (χ0n) is 16.4. The molecule has 1 aliphatic carbocycles. The van der Waals surface area contributed by atoms with Crippen molar-refractivity contribution in [3.63, 3.8) is 0 Å². The van der Waals surface area contributed by atoms with Crippen LogP contribution in [0.15, 0.2) is 48.5 Å². The summed E-state index contributed by atoms with van der Waals surface area (Å²) >= 11 is 5.41. The Hall–Kier alpha value is -2.47. The minimum absolute atomic E-state index is 0.0369. The van der Waals surface area contributed by atoms with Gasteiger partial charge in [-0.25, -0.2) is 0 Å². The Bertz CT molecular complexity index is 761. The standard InChI is InChI=1S/C22H28N2O3S/c1-16(15-26-21-10-6-5-9-20(21)25-2)23-22(28)24-17-11-13-19(14-12-17)27-18-7-3-4-8-18/h5-6,9-14,16,18H,3-4,7-8,15H2,1-2H3,(H2,23,24,28)/t16-/m0/s1. The van der Waals surface area contributed by atoms with Crippen LogP contribution in [0.5, 0.6) is 17.2 Å². The quantitative estimate of drug-likeness (QED) is 0.623. The predicted molar refractivity (Wildman–Crippen MR) is 117 cm³/mol. The molecule has 150 valence electrons. The fourth-order valence-corrected chi connectivity index (χ4v) is 3.52. The molecule has 0 bridgehead atoms. The molecule has 1 atom stereocenters. The van der Waals surface area contributed by atoms with Crippen LogP contribution in [0.2, 0.25) is 0 Å². The number of methoxy groups -OCH3 is 1. The first-order chi connectivity index (χ1) is 13.6. The summed E-state index contributed by atoms with van der Waals surface area (Å²) in [6.45, 7) is 2.48. The maximum atomic E-state index is 5.99. The second-order valence-corrected chi connectivity index (χ2v) is 7.42. The fourth-order valence-electron chi connectivity index (χ4n) is 3.20. The molecule has 2 aromatic carbocycles. The molecule has 0 aromatic heterocycles. The van der Waals surface area contributed by atoms with Crippen molar-refractivity contribution in [3.8, 4) is 17.2 Å². The van der Waals surface area contributed by atoms with E-state index in [1.807, 2.05) is 55.5 Å². The van der Waals surface area contributed by atoms with E-state index in [4.69, 9.17) is 26.4 Å². The molecule has 0 aliphatic heterocycles. The Morgan fingerprint density at radius 1 is 1.07 bits per heavy atom. The predicted octanol–water partition coefficient (Wildman–Crippen LogP) is 4.77. The third-order valence-electron chi connectivity index (χ3n) is 4.65. The Labute approximate surface area is 172 Å².